The molecule has 0 spiro atoms. The van der Waals surface area contributed by atoms with Gasteiger partial charge in [-0.15, -0.1) is 0 Å². The maximum Gasteiger partial charge on any atom is 0.191 e. The number of likely N-dealkylation sites (N-methyl/N-ethyl adjacent to an activating group) is 2. The van der Waals surface area contributed by atoms with E-state index in [1.54, 1.807) is 11.8 Å². The lowest BCUT2D eigenvalue weighted by atomic mass is 10.2. The fourth-order valence-corrected chi connectivity index (χ4v) is 2.97. The maximum atomic E-state index is 4.62. The molecule has 0 aromatic carbocycles. The van der Waals surface area contributed by atoms with E-state index in [4.69, 9.17) is 0 Å². The van der Waals surface area contributed by atoms with Crippen LogP contribution in [0.1, 0.15) is 19.8 Å². The van der Waals surface area contributed by atoms with Crippen molar-refractivity contribution in [1.29, 1.82) is 0 Å². The normalized spacial score (nSPS) is 19.3. The van der Waals surface area contributed by atoms with Crippen molar-refractivity contribution in [3.63, 3.8) is 0 Å². The smallest absolute Gasteiger partial charge is 0.191 e. The van der Waals surface area contributed by atoms with Crippen LogP contribution in [0.25, 0.3) is 0 Å². The van der Waals surface area contributed by atoms with E-state index < -0.39 is 0 Å². The lowest BCUT2D eigenvalue weighted by molar-refractivity contribution is 0.314. The summed E-state index contributed by atoms with van der Waals surface area (Å²) in [5.41, 5.74) is 0. The van der Waals surface area contributed by atoms with Crippen molar-refractivity contribution < 1.29 is 0 Å². The maximum absolute atomic E-state index is 4.62. The summed E-state index contributed by atoms with van der Waals surface area (Å²) in [7, 11) is 4.33. The van der Waals surface area contributed by atoms with E-state index in [0.717, 1.165) is 29.9 Å². The second-order valence-electron chi connectivity index (χ2n) is 5.29. The first-order valence-corrected chi connectivity index (χ1v) is 8.44. The standard InChI is InChI=1S/C14H25N5S/c1-5-15-12-9-13(17-14(16-12)20-4)19(3)10-11-7-6-8-18(11)2/h9,11H,5-8,10H2,1-4H3,(H,15,16,17). The van der Waals surface area contributed by atoms with Crippen molar-refractivity contribution in [3.05, 3.63) is 6.07 Å². The van der Waals surface area contributed by atoms with Crippen molar-refractivity contribution in [2.24, 2.45) is 0 Å². The van der Waals surface area contributed by atoms with E-state index in [9.17, 15) is 0 Å². The Labute approximate surface area is 126 Å². The SMILES string of the molecule is CCNc1cc(N(C)CC2CCCN2C)nc(SC)n1. The molecule has 1 atom stereocenters. The molecule has 2 heterocycles. The zero-order valence-corrected chi connectivity index (χ0v) is 13.7. The Kier molecular flexibility index (Phi) is 5.48. The van der Waals surface area contributed by atoms with Gasteiger partial charge in [0.25, 0.3) is 0 Å². The molecule has 1 saturated heterocycles. The van der Waals surface area contributed by atoms with Gasteiger partial charge in [-0.3, -0.25) is 0 Å². The van der Waals surface area contributed by atoms with Gasteiger partial charge in [-0.25, -0.2) is 9.97 Å². The lowest BCUT2D eigenvalue weighted by Gasteiger charge is -2.27. The summed E-state index contributed by atoms with van der Waals surface area (Å²) in [4.78, 5) is 13.8. The Bertz CT molecular complexity index is 440. The van der Waals surface area contributed by atoms with Gasteiger partial charge in [0.15, 0.2) is 5.16 Å². The largest absolute Gasteiger partial charge is 0.370 e. The summed E-state index contributed by atoms with van der Waals surface area (Å²) in [6, 6.07) is 2.67. The molecule has 20 heavy (non-hydrogen) atoms. The van der Waals surface area contributed by atoms with Crippen LogP contribution < -0.4 is 10.2 Å². The topological polar surface area (TPSA) is 44.3 Å². The summed E-state index contributed by atoms with van der Waals surface area (Å²) in [6.07, 6.45) is 4.60. The number of rotatable bonds is 6. The van der Waals surface area contributed by atoms with Gasteiger partial charge in [-0.1, -0.05) is 11.8 Å². The van der Waals surface area contributed by atoms with Crippen LogP contribution in [0.15, 0.2) is 11.2 Å². The van der Waals surface area contributed by atoms with Gasteiger partial charge in [-0.2, -0.15) is 0 Å². The molecule has 0 aliphatic carbocycles. The molecule has 1 unspecified atom stereocenters. The average Bonchev–Trinajstić information content (AvgIpc) is 2.84. The number of aromatic nitrogens is 2. The van der Waals surface area contributed by atoms with Gasteiger partial charge in [0.1, 0.15) is 11.6 Å². The summed E-state index contributed by atoms with van der Waals surface area (Å²) in [5.74, 6) is 1.91. The van der Waals surface area contributed by atoms with E-state index in [-0.39, 0.29) is 0 Å². The van der Waals surface area contributed by atoms with E-state index in [0.29, 0.717) is 6.04 Å². The van der Waals surface area contributed by atoms with Crippen LogP contribution >= 0.6 is 11.8 Å². The summed E-state index contributed by atoms with van der Waals surface area (Å²) in [5, 5.41) is 4.10. The minimum Gasteiger partial charge on any atom is -0.370 e. The number of anilines is 2. The van der Waals surface area contributed by atoms with Crippen LogP contribution in [0.2, 0.25) is 0 Å². The molecule has 1 N–H and O–H groups in total. The number of likely N-dealkylation sites (tertiary alicyclic amines) is 1. The molecular weight excluding hydrogens is 270 g/mol. The molecule has 1 aromatic heterocycles. The molecule has 5 nitrogen and oxygen atoms in total. The number of hydrogen-bond acceptors (Lipinski definition) is 6. The van der Waals surface area contributed by atoms with Gasteiger partial charge in [0, 0.05) is 32.2 Å². The average molecular weight is 295 g/mol. The van der Waals surface area contributed by atoms with Gasteiger partial charge in [-0.05, 0) is 39.6 Å². The van der Waals surface area contributed by atoms with Crippen molar-refractivity contribution in [1.82, 2.24) is 14.9 Å². The summed E-state index contributed by atoms with van der Waals surface area (Å²) < 4.78 is 0. The molecular formula is C14H25N5S. The molecule has 1 aliphatic heterocycles. The van der Waals surface area contributed by atoms with Gasteiger partial charge in [0.05, 0.1) is 0 Å². The highest BCUT2D eigenvalue weighted by Gasteiger charge is 2.22. The first kappa shape index (κ1) is 15.4. The molecule has 0 saturated carbocycles. The Morgan fingerprint density at radius 1 is 1.50 bits per heavy atom. The highest BCUT2D eigenvalue weighted by molar-refractivity contribution is 7.98. The highest BCUT2D eigenvalue weighted by Crippen LogP contribution is 2.22. The number of hydrogen-bond donors (Lipinski definition) is 1. The van der Waals surface area contributed by atoms with E-state index >= 15 is 0 Å². The van der Waals surface area contributed by atoms with Crippen LogP contribution in [-0.4, -0.2) is 60.9 Å². The van der Waals surface area contributed by atoms with Crippen LogP contribution in [0.3, 0.4) is 0 Å². The molecule has 1 aliphatic rings. The molecule has 0 radical (unpaired) electrons. The Balaban J connectivity index is 2.11. The van der Waals surface area contributed by atoms with Crippen LogP contribution in [0.4, 0.5) is 11.6 Å². The number of nitrogens with one attached hydrogen (secondary N) is 1. The zero-order chi connectivity index (χ0) is 14.5. The third-order valence-corrected chi connectivity index (χ3v) is 4.33. The van der Waals surface area contributed by atoms with Gasteiger partial charge >= 0.3 is 0 Å². The van der Waals surface area contributed by atoms with E-state index in [1.807, 2.05) is 12.3 Å². The molecule has 0 bridgehead atoms. The quantitative estimate of drug-likeness (QED) is 0.641. The second kappa shape index (κ2) is 7.13. The zero-order valence-electron chi connectivity index (χ0n) is 12.9. The predicted molar refractivity (Wildman–Crippen MR) is 86.9 cm³/mol. The van der Waals surface area contributed by atoms with Crippen molar-refractivity contribution in [3.8, 4) is 0 Å². The molecule has 1 aromatic rings. The Morgan fingerprint density at radius 3 is 2.90 bits per heavy atom. The molecule has 1 fully saturated rings. The van der Waals surface area contributed by atoms with Gasteiger partial charge < -0.3 is 15.1 Å². The third-order valence-electron chi connectivity index (χ3n) is 3.78. The highest BCUT2D eigenvalue weighted by atomic mass is 32.2. The van der Waals surface area contributed by atoms with Crippen LogP contribution in [0.5, 0.6) is 0 Å². The van der Waals surface area contributed by atoms with E-state index in [1.165, 1.54) is 19.4 Å². The van der Waals surface area contributed by atoms with Crippen LogP contribution in [-0.2, 0) is 0 Å². The fraction of sp³-hybridized carbons (Fsp3) is 0.714. The number of nitrogens with zero attached hydrogens (tertiary/aromatic N) is 4. The van der Waals surface area contributed by atoms with Gasteiger partial charge in [0.2, 0.25) is 0 Å². The minimum absolute atomic E-state index is 0.635. The third kappa shape index (κ3) is 3.76. The van der Waals surface area contributed by atoms with E-state index in [2.05, 4.69) is 46.1 Å². The Morgan fingerprint density at radius 2 is 2.30 bits per heavy atom. The predicted octanol–water partition coefficient (Wildman–Crippen LogP) is 2.16. The Hall–Kier alpha value is -1.01. The monoisotopic (exact) mass is 295 g/mol. The first-order valence-electron chi connectivity index (χ1n) is 7.22. The molecule has 6 heteroatoms. The lowest BCUT2D eigenvalue weighted by Crippen LogP contribution is -2.37. The molecule has 112 valence electrons. The molecule has 2 rings (SSSR count). The van der Waals surface area contributed by atoms with Crippen molar-refractivity contribution in [2.45, 2.75) is 31.0 Å². The summed E-state index contributed by atoms with van der Waals surface area (Å²) in [6.45, 7) is 5.19. The molecule has 0 amide bonds. The van der Waals surface area contributed by atoms with Crippen LogP contribution in [0, 0.1) is 0 Å². The summed E-state index contributed by atoms with van der Waals surface area (Å²) >= 11 is 1.58. The second-order valence-corrected chi connectivity index (χ2v) is 6.06. The van der Waals surface area contributed by atoms with Crippen molar-refractivity contribution in [2.75, 3.05) is 50.2 Å². The fourth-order valence-electron chi connectivity index (χ4n) is 2.59. The number of thioether (sulfide) groups is 1. The van der Waals surface area contributed by atoms with Crippen molar-refractivity contribution >= 4 is 23.4 Å². The minimum atomic E-state index is 0.635. The first-order chi connectivity index (χ1) is 9.63.